The van der Waals surface area contributed by atoms with Crippen molar-refractivity contribution in [2.24, 2.45) is 11.8 Å². The van der Waals surface area contributed by atoms with E-state index >= 15 is 0 Å². The first-order valence-electron chi connectivity index (χ1n) is 7.33. The van der Waals surface area contributed by atoms with Gasteiger partial charge in [-0.05, 0) is 31.7 Å². The van der Waals surface area contributed by atoms with Gasteiger partial charge in [-0.3, -0.25) is 4.79 Å². The van der Waals surface area contributed by atoms with Crippen LogP contribution in [0.25, 0.3) is 0 Å². The van der Waals surface area contributed by atoms with Crippen LogP contribution in [0.4, 0.5) is 0 Å². The van der Waals surface area contributed by atoms with E-state index in [-0.39, 0.29) is 12.0 Å². The minimum atomic E-state index is 0.176. The van der Waals surface area contributed by atoms with E-state index in [9.17, 15) is 4.79 Å². The molecule has 2 heterocycles. The lowest BCUT2D eigenvalue weighted by molar-refractivity contribution is -0.140. The van der Waals surface area contributed by atoms with Gasteiger partial charge in [-0.2, -0.15) is 0 Å². The topological polar surface area (TPSA) is 41.6 Å². The zero-order chi connectivity index (χ0) is 13.0. The molecule has 0 aliphatic carbocycles. The van der Waals surface area contributed by atoms with Crippen LogP contribution in [0.3, 0.4) is 0 Å². The van der Waals surface area contributed by atoms with Gasteiger partial charge in [0.05, 0.1) is 12.0 Å². The summed E-state index contributed by atoms with van der Waals surface area (Å²) in [4.78, 5) is 14.5. The molecule has 0 bridgehead atoms. The number of ether oxygens (including phenoxy) is 1. The molecule has 1 N–H and O–H groups in total. The highest BCUT2D eigenvalue weighted by Gasteiger charge is 2.34. The Kier molecular flexibility index (Phi) is 5.01. The Bertz CT molecular complexity index is 283. The van der Waals surface area contributed by atoms with Crippen LogP contribution in [0.2, 0.25) is 0 Å². The molecule has 104 valence electrons. The molecule has 0 aromatic heterocycles. The summed E-state index contributed by atoms with van der Waals surface area (Å²) < 4.78 is 5.79. The van der Waals surface area contributed by atoms with Gasteiger partial charge in [-0.25, -0.2) is 0 Å². The normalized spacial score (nSPS) is 32.8. The maximum Gasteiger partial charge on any atom is 0.227 e. The average Bonchev–Trinajstić information content (AvgIpc) is 2.82. The second-order valence-corrected chi connectivity index (χ2v) is 5.66. The van der Waals surface area contributed by atoms with Crippen molar-refractivity contribution in [3.63, 3.8) is 0 Å². The molecule has 4 heteroatoms. The van der Waals surface area contributed by atoms with Crippen molar-refractivity contribution in [1.82, 2.24) is 10.2 Å². The van der Waals surface area contributed by atoms with E-state index in [0.717, 1.165) is 52.0 Å². The number of hydrogen-bond donors (Lipinski definition) is 1. The van der Waals surface area contributed by atoms with E-state index in [1.165, 1.54) is 0 Å². The lowest BCUT2D eigenvalue weighted by Gasteiger charge is -2.34. The zero-order valence-electron chi connectivity index (χ0n) is 11.7. The van der Waals surface area contributed by atoms with Crippen molar-refractivity contribution in [2.45, 2.75) is 39.2 Å². The van der Waals surface area contributed by atoms with Crippen molar-refractivity contribution in [2.75, 3.05) is 32.8 Å². The van der Waals surface area contributed by atoms with Crippen molar-refractivity contribution < 1.29 is 9.53 Å². The highest BCUT2D eigenvalue weighted by atomic mass is 16.5. The SMILES string of the molecule is CCCOC1CCCN(C(=O)[C@@H]2CNC[C@H]2C)C1. The van der Waals surface area contributed by atoms with E-state index < -0.39 is 0 Å². The third-order valence-electron chi connectivity index (χ3n) is 4.08. The number of hydrogen-bond acceptors (Lipinski definition) is 3. The number of carbonyl (C=O) groups excluding carboxylic acids is 1. The van der Waals surface area contributed by atoms with Gasteiger partial charge >= 0.3 is 0 Å². The Hall–Kier alpha value is -0.610. The summed E-state index contributed by atoms with van der Waals surface area (Å²) in [7, 11) is 0. The van der Waals surface area contributed by atoms with E-state index in [4.69, 9.17) is 4.74 Å². The summed E-state index contributed by atoms with van der Waals surface area (Å²) >= 11 is 0. The van der Waals surface area contributed by atoms with Gasteiger partial charge in [0.1, 0.15) is 0 Å². The number of piperidine rings is 1. The van der Waals surface area contributed by atoms with Crippen LogP contribution in [0.15, 0.2) is 0 Å². The minimum absolute atomic E-state index is 0.176. The lowest BCUT2D eigenvalue weighted by atomic mass is 9.95. The van der Waals surface area contributed by atoms with Crippen LogP contribution in [0, 0.1) is 11.8 Å². The third-order valence-corrected chi connectivity index (χ3v) is 4.08. The second-order valence-electron chi connectivity index (χ2n) is 5.66. The Morgan fingerprint density at radius 2 is 2.28 bits per heavy atom. The fourth-order valence-corrected chi connectivity index (χ4v) is 2.93. The molecule has 18 heavy (non-hydrogen) atoms. The molecular weight excluding hydrogens is 228 g/mol. The van der Waals surface area contributed by atoms with Gasteiger partial charge in [0, 0.05) is 26.2 Å². The standard InChI is InChI=1S/C14H26N2O2/c1-3-7-18-12-5-4-6-16(10-12)14(17)13-9-15-8-11(13)2/h11-13,15H,3-10H2,1-2H3/t11-,12?,13-/m1/s1. The van der Waals surface area contributed by atoms with Crippen LogP contribution < -0.4 is 5.32 Å². The quantitative estimate of drug-likeness (QED) is 0.821. The molecular formula is C14H26N2O2. The summed E-state index contributed by atoms with van der Waals surface area (Å²) in [6.45, 7) is 8.62. The molecule has 0 saturated carbocycles. The maximum atomic E-state index is 12.5. The Balaban J connectivity index is 1.85. The predicted octanol–water partition coefficient (Wildman–Crippen LogP) is 1.26. The number of carbonyl (C=O) groups is 1. The van der Waals surface area contributed by atoms with Gasteiger partial charge in [-0.15, -0.1) is 0 Å². The zero-order valence-corrected chi connectivity index (χ0v) is 11.7. The number of amides is 1. The summed E-state index contributed by atoms with van der Waals surface area (Å²) in [6, 6.07) is 0. The van der Waals surface area contributed by atoms with E-state index in [0.29, 0.717) is 11.8 Å². The first kappa shape index (κ1) is 13.8. The maximum absolute atomic E-state index is 12.5. The second kappa shape index (κ2) is 6.53. The summed E-state index contributed by atoms with van der Waals surface area (Å²) in [5.74, 6) is 0.974. The summed E-state index contributed by atoms with van der Waals surface area (Å²) in [5.41, 5.74) is 0. The molecule has 0 aromatic carbocycles. The Morgan fingerprint density at radius 1 is 1.44 bits per heavy atom. The molecule has 2 saturated heterocycles. The van der Waals surface area contributed by atoms with Gasteiger partial charge in [0.2, 0.25) is 5.91 Å². The summed E-state index contributed by atoms with van der Waals surface area (Å²) in [5, 5.41) is 3.31. The fraction of sp³-hybridized carbons (Fsp3) is 0.929. The van der Waals surface area contributed by atoms with Crippen molar-refractivity contribution in [1.29, 1.82) is 0 Å². The van der Waals surface area contributed by atoms with Crippen molar-refractivity contribution >= 4 is 5.91 Å². The number of rotatable bonds is 4. The monoisotopic (exact) mass is 254 g/mol. The molecule has 1 unspecified atom stereocenters. The number of likely N-dealkylation sites (tertiary alicyclic amines) is 1. The van der Waals surface area contributed by atoms with Crippen LogP contribution in [0.1, 0.15) is 33.1 Å². The Labute approximate surface area is 110 Å². The highest BCUT2D eigenvalue weighted by molar-refractivity contribution is 5.79. The largest absolute Gasteiger partial charge is 0.376 e. The van der Waals surface area contributed by atoms with Gasteiger partial charge in [-0.1, -0.05) is 13.8 Å². The molecule has 0 radical (unpaired) electrons. The Morgan fingerprint density at radius 3 is 2.94 bits per heavy atom. The smallest absolute Gasteiger partial charge is 0.227 e. The highest BCUT2D eigenvalue weighted by Crippen LogP contribution is 2.22. The molecule has 2 aliphatic rings. The van der Waals surface area contributed by atoms with E-state index in [1.54, 1.807) is 0 Å². The summed E-state index contributed by atoms with van der Waals surface area (Å²) in [6.07, 6.45) is 3.48. The van der Waals surface area contributed by atoms with Crippen LogP contribution in [-0.4, -0.2) is 49.7 Å². The first-order chi connectivity index (χ1) is 8.72. The minimum Gasteiger partial charge on any atom is -0.376 e. The predicted molar refractivity (Wildman–Crippen MR) is 71.4 cm³/mol. The number of nitrogens with zero attached hydrogens (tertiary/aromatic N) is 1. The average molecular weight is 254 g/mol. The van der Waals surface area contributed by atoms with Crippen LogP contribution in [0.5, 0.6) is 0 Å². The molecule has 4 nitrogen and oxygen atoms in total. The lowest BCUT2D eigenvalue weighted by Crippen LogP contribution is -2.47. The van der Waals surface area contributed by atoms with Gasteiger partial charge in [0.25, 0.3) is 0 Å². The van der Waals surface area contributed by atoms with Crippen LogP contribution in [-0.2, 0) is 9.53 Å². The van der Waals surface area contributed by atoms with Crippen LogP contribution >= 0.6 is 0 Å². The number of nitrogens with one attached hydrogen (secondary N) is 1. The molecule has 2 rings (SSSR count). The van der Waals surface area contributed by atoms with Crippen molar-refractivity contribution in [3.8, 4) is 0 Å². The van der Waals surface area contributed by atoms with E-state index in [2.05, 4.69) is 19.2 Å². The molecule has 2 fully saturated rings. The molecule has 1 amide bonds. The third kappa shape index (κ3) is 3.23. The molecule has 3 atom stereocenters. The molecule has 2 aliphatic heterocycles. The first-order valence-corrected chi connectivity index (χ1v) is 7.33. The van der Waals surface area contributed by atoms with Gasteiger partial charge < -0.3 is 15.0 Å². The molecule has 0 aromatic rings. The molecule has 0 spiro atoms. The van der Waals surface area contributed by atoms with Crippen molar-refractivity contribution in [3.05, 3.63) is 0 Å². The van der Waals surface area contributed by atoms with Gasteiger partial charge in [0.15, 0.2) is 0 Å². The fourth-order valence-electron chi connectivity index (χ4n) is 2.93. The van der Waals surface area contributed by atoms with E-state index in [1.807, 2.05) is 4.90 Å².